The minimum absolute atomic E-state index is 0.120. The standard InChI is InChI=1S/C19H17F2N3O3/c20-12-5-3-4-11(15(12)21)19-23-16-14(25)10-13(17(26)18(16)27-19)22-6-9-24-7-1-2-8-24/h3-5,10,22H,1-2,6-9H2. The van der Waals surface area contributed by atoms with E-state index in [2.05, 4.69) is 15.2 Å². The molecule has 140 valence electrons. The van der Waals surface area contributed by atoms with E-state index in [1.54, 1.807) is 0 Å². The number of hydrogen-bond donors (Lipinski definition) is 1. The number of ketones is 2. The van der Waals surface area contributed by atoms with Crippen molar-refractivity contribution in [2.75, 3.05) is 26.2 Å². The van der Waals surface area contributed by atoms with Crippen LogP contribution in [0.15, 0.2) is 34.4 Å². The van der Waals surface area contributed by atoms with E-state index in [4.69, 9.17) is 4.42 Å². The van der Waals surface area contributed by atoms with Crippen LogP contribution >= 0.6 is 0 Å². The first kappa shape index (κ1) is 17.5. The molecule has 2 heterocycles. The first-order valence-corrected chi connectivity index (χ1v) is 8.77. The van der Waals surface area contributed by atoms with Gasteiger partial charge in [0.05, 0.1) is 11.3 Å². The van der Waals surface area contributed by atoms with E-state index < -0.39 is 23.2 Å². The summed E-state index contributed by atoms with van der Waals surface area (Å²) in [6, 6.07) is 3.53. The first-order chi connectivity index (χ1) is 13.0. The van der Waals surface area contributed by atoms with E-state index >= 15 is 0 Å². The van der Waals surface area contributed by atoms with Crippen molar-refractivity contribution in [2.24, 2.45) is 0 Å². The lowest BCUT2D eigenvalue weighted by atomic mass is 10.0. The molecule has 0 radical (unpaired) electrons. The first-order valence-electron chi connectivity index (χ1n) is 8.77. The van der Waals surface area contributed by atoms with Crippen LogP contribution in [-0.2, 0) is 0 Å². The van der Waals surface area contributed by atoms with Crippen molar-refractivity contribution in [1.29, 1.82) is 0 Å². The van der Waals surface area contributed by atoms with Gasteiger partial charge in [0.25, 0.3) is 0 Å². The lowest BCUT2D eigenvalue weighted by molar-refractivity contribution is 0.0956. The molecule has 2 aromatic rings. The van der Waals surface area contributed by atoms with Crippen molar-refractivity contribution in [3.05, 3.63) is 53.1 Å². The average molecular weight is 373 g/mol. The van der Waals surface area contributed by atoms with Gasteiger partial charge in [0.2, 0.25) is 23.2 Å². The molecule has 4 rings (SSSR count). The highest BCUT2D eigenvalue weighted by atomic mass is 19.2. The second-order valence-corrected chi connectivity index (χ2v) is 6.53. The van der Waals surface area contributed by atoms with Gasteiger partial charge < -0.3 is 14.6 Å². The largest absolute Gasteiger partial charge is 0.432 e. The Hall–Kier alpha value is -2.87. The van der Waals surface area contributed by atoms with Crippen molar-refractivity contribution in [3.63, 3.8) is 0 Å². The molecule has 1 aromatic carbocycles. The Labute approximate surface area is 153 Å². The van der Waals surface area contributed by atoms with Crippen molar-refractivity contribution < 1.29 is 22.8 Å². The fraction of sp³-hybridized carbons (Fsp3) is 0.316. The van der Waals surface area contributed by atoms with Crippen molar-refractivity contribution in [3.8, 4) is 11.5 Å². The predicted molar refractivity (Wildman–Crippen MR) is 92.3 cm³/mol. The monoisotopic (exact) mass is 373 g/mol. The minimum atomic E-state index is -1.15. The van der Waals surface area contributed by atoms with Gasteiger partial charge in [-0.2, -0.15) is 0 Å². The molecule has 0 unspecified atom stereocenters. The SMILES string of the molecule is O=C1C=C(NCCN2CCCC2)C(=O)c2oc(-c3cccc(F)c3F)nc21. The predicted octanol–water partition coefficient (Wildman–Crippen LogP) is 2.57. The van der Waals surface area contributed by atoms with Crippen LogP contribution in [-0.4, -0.2) is 47.6 Å². The number of aromatic nitrogens is 1. The molecule has 27 heavy (non-hydrogen) atoms. The Bertz CT molecular complexity index is 946. The third kappa shape index (κ3) is 3.28. The second kappa shape index (κ2) is 7.03. The maximum absolute atomic E-state index is 14.0. The number of oxazole rings is 1. The highest BCUT2D eigenvalue weighted by molar-refractivity contribution is 6.22. The van der Waals surface area contributed by atoms with E-state index in [9.17, 15) is 18.4 Å². The number of carbonyl (C=O) groups excluding carboxylic acids is 2. The number of carbonyl (C=O) groups is 2. The maximum atomic E-state index is 14.0. The summed E-state index contributed by atoms with van der Waals surface area (Å²) in [6.07, 6.45) is 3.50. The van der Waals surface area contributed by atoms with E-state index in [1.807, 2.05) is 0 Å². The number of Topliss-reactive ketones (excluding diaryl/α,β-unsaturated/α-hetero) is 1. The van der Waals surface area contributed by atoms with Crippen LogP contribution < -0.4 is 5.32 Å². The molecule has 0 saturated carbocycles. The lowest BCUT2D eigenvalue weighted by Gasteiger charge is -2.17. The van der Waals surface area contributed by atoms with Crippen LogP contribution in [0.3, 0.4) is 0 Å². The molecule has 8 heteroatoms. The second-order valence-electron chi connectivity index (χ2n) is 6.53. The normalized spacial score (nSPS) is 17.2. The quantitative estimate of drug-likeness (QED) is 0.868. The van der Waals surface area contributed by atoms with Gasteiger partial charge in [-0.1, -0.05) is 6.07 Å². The summed E-state index contributed by atoms with van der Waals surface area (Å²) in [5.74, 6) is -3.81. The summed E-state index contributed by atoms with van der Waals surface area (Å²) in [7, 11) is 0. The third-order valence-corrected chi connectivity index (χ3v) is 4.71. The van der Waals surface area contributed by atoms with E-state index in [-0.39, 0.29) is 28.6 Å². The van der Waals surface area contributed by atoms with Crippen LogP contribution in [0.25, 0.3) is 11.5 Å². The van der Waals surface area contributed by atoms with Gasteiger partial charge in [-0.15, -0.1) is 0 Å². The Balaban J connectivity index is 1.54. The number of halogens is 2. The molecular weight excluding hydrogens is 356 g/mol. The molecule has 0 spiro atoms. The number of nitrogens with zero attached hydrogens (tertiary/aromatic N) is 2. The molecule has 2 aliphatic rings. The average Bonchev–Trinajstić information content (AvgIpc) is 3.31. The molecule has 6 nitrogen and oxygen atoms in total. The maximum Gasteiger partial charge on any atom is 0.246 e. The van der Waals surface area contributed by atoms with E-state index in [0.717, 1.165) is 25.7 Å². The zero-order valence-corrected chi connectivity index (χ0v) is 14.4. The van der Waals surface area contributed by atoms with Gasteiger partial charge in [-0.05, 0) is 38.1 Å². The number of allylic oxidation sites excluding steroid dienone is 2. The summed E-state index contributed by atoms with van der Waals surface area (Å²) in [6.45, 7) is 3.34. The number of fused-ring (bicyclic) bond motifs is 1. The van der Waals surface area contributed by atoms with Crippen molar-refractivity contribution >= 4 is 11.6 Å². The fourth-order valence-electron chi connectivity index (χ4n) is 3.30. The highest BCUT2D eigenvalue weighted by Crippen LogP contribution is 2.29. The van der Waals surface area contributed by atoms with Crippen LogP contribution in [0.2, 0.25) is 0 Å². The van der Waals surface area contributed by atoms with Crippen LogP contribution in [0.1, 0.15) is 33.9 Å². The smallest absolute Gasteiger partial charge is 0.246 e. The van der Waals surface area contributed by atoms with Crippen LogP contribution in [0, 0.1) is 11.6 Å². The Kier molecular flexibility index (Phi) is 4.57. The van der Waals surface area contributed by atoms with Crippen LogP contribution in [0.4, 0.5) is 8.78 Å². The molecule has 1 aromatic heterocycles. The zero-order valence-electron chi connectivity index (χ0n) is 14.4. The Morgan fingerprint density at radius 3 is 2.74 bits per heavy atom. The topological polar surface area (TPSA) is 75.4 Å². The molecule has 1 saturated heterocycles. The van der Waals surface area contributed by atoms with Crippen molar-refractivity contribution in [1.82, 2.24) is 15.2 Å². The summed E-state index contributed by atoms with van der Waals surface area (Å²) >= 11 is 0. The Morgan fingerprint density at radius 1 is 1.19 bits per heavy atom. The van der Waals surface area contributed by atoms with E-state index in [0.29, 0.717) is 6.54 Å². The number of likely N-dealkylation sites (tertiary alicyclic amines) is 1. The Morgan fingerprint density at radius 2 is 1.96 bits per heavy atom. The molecular formula is C19H17F2N3O3. The number of benzene rings is 1. The molecule has 1 aliphatic carbocycles. The van der Waals surface area contributed by atoms with Crippen LogP contribution in [0.5, 0.6) is 0 Å². The van der Waals surface area contributed by atoms with Crippen molar-refractivity contribution in [2.45, 2.75) is 12.8 Å². The summed E-state index contributed by atoms with van der Waals surface area (Å²) in [5, 5.41) is 2.97. The molecule has 1 fully saturated rings. The fourth-order valence-corrected chi connectivity index (χ4v) is 3.30. The summed E-state index contributed by atoms with van der Waals surface area (Å²) in [4.78, 5) is 31.1. The molecule has 0 amide bonds. The summed E-state index contributed by atoms with van der Waals surface area (Å²) < 4.78 is 32.7. The lowest BCUT2D eigenvalue weighted by Crippen LogP contribution is -2.33. The van der Waals surface area contributed by atoms with Gasteiger partial charge in [0, 0.05) is 19.2 Å². The van der Waals surface area contributed by atoms with Gasteiger partial charge in [-0.25, -0.2) is 13.8 Å². The molecule has 0 atom stereocenters. The molecule has 0 bridgehead atoms. The van der Waals surface area contributed by atoms with Gasteiger partial charge in [-0.3, -0.25) is 9.59 Å². The summed E-state index contributed by atoms with van der Waals surface area (Å²) in [5.41, 5.74) is -0.314. The van der Waals surface area contributed by atoms with Gasteiger partial charge in [0.15, 0.2) is 17.3 Å². The molecule has 1 N–H and O–H groups in total. The number of nitrogens with one attached hydrogen (secondary N) is 1. The number of hydrogen-bond acceptors (Lipinski definition) is 6. The van der Waals surface area contributed by atoms with E-state index in [1.165, 1.54) is 31.1 Å². The van der Waals surface area contributed by atoms with Gasteiger partial charge >= 0.3 is 0 Å². The molecule has 1 aliphatic heterocycles. The third-order valence-electron chi connectivity index (χ3n) is 4.71. The van der Waals surface area contributed by atoms with Gasteiger partial charge in [0.1, 0.15) is 0 Å². The number of rotatable bonds is 5. The highest BCUT2D eigenvalue weighted by Gasteiger charge is 2.33. The minimum Gasteiger partial charge on any atom is -0.432 e. The zero-order chi connectivity index (χ0) is 19.0.